The summed E-state index contributed by atoms with van der Waals surface area (Å²) in [6.07, 6.45) is 2.30. The topological polar surface area (TPSA) is 50.3 Å². The van der Waals surface area contributed by atoms with Crippen molar-refractivity contribution in [2.45, 2.75) is 6.42 Å². The number of hydrogen-bond donors (Lipinski definition) is 3. The van der Waals surface area contributed by atoms with Crippen LogP contribution in [-0.4, -0.2) is 51.9 Å². The molecule has 0 unspecified atom stereocenters. The van der Waals surface area contributed by atoms with Gasteiger partial charge in [0.05, 0.1) is 26.2 Å². The Balaban J connectivity index is 1.45. The molecule has 1 amide bonds. The normalized spacial score (nSPS) is 20.0. The second-order valence-corrected chi connectivity index (χ2v) is 7.73. The lowest BCUT2D eigenvalue weighted by molar-refractivity contribution is -1.00. The van der Waals surface area contributed by atoms with E-state index >= 15 is 0 Å². The highest BCUT2D eigenvalue weighted by Crippen LogP contribution is 2.27. The first-order valence-electron chi connectivity index (χ1n) is 10.1. The molecule has 5 heteroatoms. The monoisotopic (exact) mass is 376 g/mol. The molecule has 1 aliphatic heterocycles. The number of carbonyl (C=O) groups is 1. The number of hydrazone groups is 1. The van der Waals surface area contributed by atoms with Gasteiger partial charge in [-0.15, -0.1) is 0 Å². The number of amides is 1. The van der Waals surface area contributed by atoms with Crippen molar-refractivity contribution in [1.82, 2.24) is 5.43 Å². The Morgan fingerprint density at radius 1 is 1.00 bits per heavy atom. The van der Waals surface area contributed by atoms with E-state index in [9.17, 15) is 4.79 Å². The van der Waals surface area contributed by atoms with E-state index in [2.05, 4.69) is 47.9 Å². The first-order chi connectivity index (χ1) is 13.7. The zero-order valence-electron chi connectivity index (χ0n) is 16.4. The van der Waals surface area contributed by atoms with E-state index in [1.165, 1.54) is 28.8 Å². The van der Waals surface area contributed by atoms with Gasteiger partial charge in [-0.3, -0.25) is 4.79 Å². The smallest absolute Gasteiger partial charge is 0.245 e. The summed E-state index contributed by atoms with van der Waals surface area (Å²) in [6, 6.07) is 18.8. The number of nitrogens with one attached hydrogen (secondary N) is 3. The maximum absolute atomic E-state index is 12.2. The molecule has 0 atom stereocenters. The molecular formula is C23H28N4O+2. The third kappa shape index (κ3) is 4.21. The second kappa shape index (κ2) is 8.50. The highest BCUT2D eigenvalue weighted by atomic mass is 16.2. The fourth-order valence-corrected chi connectivity index (χ4v) is 3.98. The molecular weight excluding hydrogens is 348 g/mol. The van der Waals surface area contributed by atoms with Crippen molar-refractivity contribution >= 4 is 33.7 Å². The molecule has 5 nitrogen and oxygen atoms in total. The van der Waals surface area contributed by atoms with Gasteiger partial charge in [-0.1, -0.05) is 48.5 Å². The molecule has 0 spiro atoms. The van der Waals surface area contributed by atoms with Crippen LogP contribution in [0.4, 0.5) is 0 Å². The highest BCUT2D eigenvalue weighted by molar-refractivity contribution is 6.13. The first-order valence-corrected chi connectivity index (χ1v) is 10.1. The van der Waals surface area contributed by atoms with Gasteiger partial charge in [0.15, 0.2) is 0 Å². The van der Waals surface area contributed by atoms with Gasteiger partial charge >= 0.3 is 0 Å². The molecule has 28 heavy (non-hydrogen) atoms. The van der Waals surface area contributed by atoms with Gasteiger partial charge in [-0.05, 0) is 27.6 Å². The Labute approximate surface area is 165 Å². The molecule has 1 aliphatic rings. The summed E-state index contributed by atoms with van der Waals surface area (Å²) >= 11 is 0. The van der Waals surface area contributed by atoms with E-state index in [0.717, 1.165) is 36.0 Å². The number of rotatable bonds is 5. The SMILES string of the molecule is C[NH+]1CC[NH+](CCC(=O)N/N=C\c2c3ccccc3cc3ccccc23)CC1. The summed E-state index contributed by atoms with van der Waals surface area (Å²) in [4.78, 5) is 15.3. The minimum absolute atomic E-state index is 0.0143. The Morgan fingerprint density at radius 3 is 2.25 bits per heavy atom. The molecule has 0 aliphatic carbocycles. The summed E-state index contributed by atoms with van der Waals surface area (Å²) < 4.78 is 0. The molecule has 3 aromatic carbocycles. The summed E-state index contributed by atoms with van der Waals surface area (Å²) in [5.41, 5.74) is 3.76. The molecule has 0 radical (unpaired) electrons. The summed E-state index contributed by atoms with van der Waals surface area (Å²) in [6.45, 7) is 5.53. The summed E-state index contributed by atoms with van der Waals surface area (Å²) in [7, 11) is 2.23. The number of piperazine rings is 1. The standard InChI is InChI=1S/C23H26N4O/c1-26-12-14-27(15-13-26)11-10-23(28)25-24-17-22-20-8-4-2-6-18(20)16-19-7-3-5-9-21(19)22/h2-9,16-17H,10-15H2,1H3,(H,25,28)/p+2/b24-17-. The van der Waals surface area contributed by atoms with Crippen molar-refractivity contribution in [3.05, 3.63) is 60.2 Å². The van der Waals surface area contributed by atoms with Gasteiger partial charge < -0.3 is 9.80 Å². The van der Waals surface area contributed by atoms with Crippen molar-refractivity contribution in [2.24, 2.45) is 5.10 Å². The van der Waals surface area contributed by atoms with Crippen molar-refractivity contribution < 1.29 is 14.6 Å². The van der Waals surface area contributed by atoms with Gasteiger partial charge in [0, 0.05) is 5.56 Å². The number of benzene rings is 3. The Hall–Kier alpha value is -2.76. The quantitative estimate of drug-likeness (QED) is 0.334. The molecule has 144 valence electrons. The molecule has 3 N–H and O–H groups in total. The fraction of sp³-hybridized carbons (Fsp3) is 0.304. The van der Waals surface area contributed by atoms with E-state index in [4.69, 9.17) is 0 Å². The Bertz CT molecular complexity index is 952. The van der Waals surface area contributed by atoms with E-state index < -0.39 is 0 Å². The van der Waals surface area contributed by atoms with Crippen molar-refractivity contribution in [2.75, 3.05) is 39.8 Å². The molecule has 1 fully saturated rings. The van der Waals surface area contributed by atoms with Gasteiger partial charge in [-0.25, -0.2) is 5.43 Å². The van der Waals surface area contributed by atoms with Crippen LogP contribution < -0.4 is 15.2 Å². The molecule has 4 rings (SSSR count). The number of quaternary nitrogens is 2. The Kier molecular flexibility index (Phi) is 5.65. The second-order valence-electron chi connectivity index (χ2n) is 7.73. The lowest BCUT2D eigenvalue weighted by Gasteiger charge is -2.26. The van der Waals surface area contributed by atoms with Gasteiger partial charge in [0.25, 0.3) is 0 Å². The van der Waals surface area contributed by atoms with Crippen LogP contribution in [0.1, 0.15) is 12.0 Å². The van der Waals surface area contributed by atoms with Crippen LogP contribution in [0.5, 0.6) is 0 Å². The predicted molar refractivity (Wildman–Crippen MR) is 114 cm³/mol. The van der Waals surface area contributed by atoms with Crippen LogP contribution in [0, 0.1) is 0 Å². The minimum atomic E-state index is -0.0143. The summed E-state index contributed by atoms with van der Waals surface area (Å²) in [5.74, 6) is -0.0143. The molecule has 0 bridgehead atoms. The third-order valence-electron chi connectivity index (χ3n) is 5.71. The van der Waals surface area contributed by atoms with Crippen molar-refractivity contribution in [3.8, 4) is 0 Å². The molecule has 1 heterocycles. The number of fused-ring (bicyclic) bond motifs is 2. The minimum Gasteiger partial charge on any atom is -0.328 e. The maximum atomic E-state index is 12.2. The fourth-order valence-electron chi connectivity index (χ4n) is 3.98. The zero-order valence-corrected chi connectivity index (χ0v) is 16.4. The Morgan fingerprint density at radius 2 is 1.61 bits per heavy atom. The van der Waals surface area contributed by atoms with Crippen LogP contribution in [0.25, 0.3) is 21.5 Å². The van der Waals surface area contributed by atoms with Crippen LogP contribution in [0.3, 0.4) is 0 Å². The van der Waals surface area contributed by atoms with E-state index in [-0.39, 0.29) is 5.91 Å². The van der Waals surface area contributed by atoms with E-state index in [0.29, 0.717) is 6.42 Å². The lowest BCUT2D eigenvalue weighted by Crippen LogP contribution is -3.27. The van der Waals surface area contributed by atoms with Crippen molar-refractivity contribution in [1.29, 1.82) is 0 Å². The lowest BCUT2D eigenvalue weighted by atomic mass is 9.97. The highest BCUT2D eigenvalue weighted by Gasteiger charge is 2.20. The van der Waals surface area contributed by atoms with Crippen molar-refractivity contribution in [3.63, 3.8) is 0 Å². The molecule has 1 saturated heterocycles. The van der Waals surface area contributed by atoms with Crippen LogP contribution in [0.15, 0.2) is 59.7 Å². The van der Waals surface area contributed by atoms with E-state index in [1.807, 2.05) is 24.3 Å². The molecule has 0 saturated carbocycles. The predicted octanol–water partition coefficient (Wildman–Crippen LogP) is 0.246. The molecule has 3 aromatic rings. The average Bonchev–Trinajstić information content (AvgIpc) is 2.73. The van der Waals surface area contributed by atoms with Crippen LogP contribution >= 0.6 is 0 Å². The van der Waals surface area contributed by atoms with Gasteiger partial charge in [-0.2, -0.15) is 5.10 Å². The van der Waals surface area contributed by atoms with Crippen LogP contribution in [0.2, 0.25) is 0 Å². The number of likely N-dealkylation sites (N-methyl/N-ethyl adjacent to an activating group) is 1. The number of nitrogens with zero attached hydrogens (tertiary/aromatic N) is 1. The third-order valence-corrected chi connectivity index (χ3v) is 5.71. The number of carbonyl (C=O) groups excluding carboxylic acids is 1. The first kappa shape index (κ1) is 18.6. The van der Waals surface area contributed by atoms with Crippen LogP contribution in [-0.2, 0) is 4.79 Å². The van der Waals surface area contributed by atoms with Gasteiger partial charge in [0.1, 0.15) is 26.2 Å². The maximum Gasteiger partial charge on any atom is 0.245 e. The average molecular weight is 377 g/mol. The largest absolute Gasteiger partial charge is 0.328 e. The number of hydrogen-bond acceptors (Lipinski definition) is 2. The zero-order chi connectivity index (χ0) is 19.3. The van der Waals surface area contributed by atoms with Gasteiger partial charge in [0.2, 0.25) is 5.91 Å². The van der Waals surface area contributed by atoms with E-state index in [1.54, 1.807) is 11.1 Å². The molecule has 0 aromatic heterocycles. The summed E-state index contributed by atoms with van der Waals surface area (Å²) in [5, 5.41) is 8.92.